The number of imide groups is 1. The van der Waals surface area contributed by atoms with Gasteiger partial charge < -0.3 is 10.1 Å². The summed E-state index contributed by atoms with van der Waals surface area (Å²) in [5.74, 6) is -2.40. The number of nitrogens with zero attached hydrogens (tertiary/aromatic N) is 1. The number of anilines is 1. The first-order chi connectivity index (χ1) is 13.8. The summed E-state index contributed by atoms with van der Waals surface area (Å²) < 4.78 is 5.09. The lowest BCUT2D eigenvalue weighted by Gasteiger charge is -2.23. The number of allylic oxidation sites excluding steroid dienone is 2. The van der Waals surface area contributed by atoms with Crippen LogP contribution in [0.2, 0.25) is 0 Å². The number of amides is 3. The third kappa shape index (κ3) is 3.24. The van der Waals surface area contributed by atoms with E-state index in [1.807, 2.05) is 38.1 Å². The van der Waals surface area contributed by atoms with Crippen molar-refractivity contribution in [3.8, 4) is 0 Å². The molecule has 1 saturated carbocycles. The number of hydrogen-bond acceptors (Lipinski definition) is 5. The molecule has 0 aromatic heterocycles. The molecule has 29 heavy (non-hydrogen) atoms. The lowest BCUT2D eigenvalue weighted by atomic mass is 9.85. The van der Waals surface area contributed by atoms with Crippen molar-refractivity contribution >= 4 is 29.4 Å². The molecule has 1 saturated heterocycles. The second-order valence-corrected chi connectivity index (χ2v) is 8.20. The molecule has 0 spiro atoms. The molecule has 152 valence electrons. The Balaban J connectivity index is 1.35. The Morgan fingerprint density at radius 3 is 2.34 bits per heavy atom. The SMILES string of the molecule is Cc1ccc(NC(=O)COC(=O)[C@@H](C)N2C(=O)[C@@H]3[C@H](C2=O)[C@H]2C=C[C@H]3C2)c(C)c1. The highest BCUT2D eigenvalue weighted by molar-refractivity contribution is 6.09. The number of esters is 1. The summed E-state index contributed by atoms with van der Waals surface area (Å²) in [6, 6.07) is 4.55. The van der Waals surface area contributed by atoms with E-state index in [0.29, 0.717) is 5.69 Å². The summed E-state index contributed by atoms with van der Waals surface area (Å²) in [5, 5.41) is 2.70. The number of ether oxygens (including phenoxy) is 1. The van der Waals surface area contributed by atoms with Crippen LogP contribution in [0.25, 0.3) is 0 Å². The minimum Gasteiger partial charge on any atom is -0.454 e. The van der Waals surface area contributed by atoms with E-state index in [9.17, 15) is 19.2 Å². The van der Waals surface area contributed by atoms with Gasteiger partial charge in [0.1, 0.15) is 6.04 Å². The molecule has 2 aliphatic carbocycles. The van der Waals surface area contributed by atoms with Crippen LogP contribution in [0.3, 0.4) is 0 Å². The van der Waals surface area contributed by atoms with Crippen molar-refractivity contribution < 1.29 is 23.9 Å². The van der Waals surface area contributed by atoms with Crippen molar-refractivity contribution in [2.45, 2.75) is 33.2 Å². The average Bonchev–Trinajstić information content (AvgIpc) is 3.35. The molecule has 7 nitrogen and oxygen atoms in total. The number of carbonyl (C=O) groups excluding carboxylic acids is 4. The van der Waals surface area contributed by atoms with Crippen molar-refractivity contribution in [1.82, 2.24) is 4.90 Å². The first-order valence-corrected chi connectivity index (χ1v) is 9.87. The van der Waals surface area contributed by atoms with Gasteiger partial charge in [-0.25, -0.2) is 4.79 Å². The predicted molar refractivity (Wildman–Crippen MR) is 105 cm³/mol. The number of fused-ring (bicyclic) bond motifs is 5. The Kier molecular flexibility index (Phi) is 4.76. The Morgan fingerprint density at radius 1 is 1.14 bits per heavy atom. The highest BCUT2D eigenvalue weighted by Gasteiger charge is 2.60. The molecule has 2 bridgehead atoms. The molecule has 4 rings (SSSR count). The zero-order valence-electron chi connectivity index (χ0n) is 16.7. The van der Waals surface area contributed by atoms with Gasteiger partial charge in [-0.1, -0.05) is 29.8 Å². The molecule has 7 heteroatoms. The second-order valence-electron chi connectivity index (χ2n) is 8.20. The van der Waals surface area contributed by atoms with E-state index in [-0.39, 0.29) is 35.5 Å². The second kappa shape index (κ2) is 7.13. The maximum absolute atomic E-state index is 12.8. The summed E-state index contributed by atoms with van der Waals surface area (Å²) in [5.41, 5.74) is 2.63. The quantitative estimate of drug-likeness (QED) is 0.467. The number of nitrogens with one attached hydrogen (secondary N) is 1. The minimum atomic E-state index is -1.05. The van der Waals surface area contributed by atoms with Crippen molar-refractivity contribution in [2.75, 3.05) is 11.9 Å². The van der Waals surface area contributed by atoms with Gasteiger partial charge in [0, 0.05) is 5.69 Å². The van der Waals surface area contributed by atoms with Crippen LogP contribution < -0.4 is 5.32 Å². The molecule has 5 atom stereocenters. The smallest absolute Gasteiger partial charge is 0.329 e. The van der Waals surface area contributed by atoms with Gasteiger partial charge in [-0.05, 0) is 50.7 Å². The monoisotopic (exact) mass is 396 g/mol. The standard InChI is InChI=1S/C22H24N2O5/c1-11-4-7-16(12(2)8-11)23-17(25)10-29-22(28)13(3)24-20(26)18-14-5-6-15(9-14)19(18)21(24)27/h4-8,13-15,18-19H,9-10H2,1-3H3,(H,23,25)/t13-,14+,15+,18-,19+/m1/s1. The van der Waals surface area contributed by atoms with Gasteiger partial charge in [-0.2, -0.15) is 0 Å². The van der Waals surface area contributed by atoms with Gasteiger partial charge in [0.25, 0.3) is 5.91 Å². The molecule has 2 fully saturated rings. The Labute approximate surface area is 169 Å². The molecular formula is C22H24N2O5. The minimum absolute atomic E-state index is 0.0817. The number of benzene rings is 1. The first kappa shape index (κ1) is 19.4. The fraction of sp³-hybridized carbons (Fsp3) is 0.455. The fourth-order valence-electron chi connectivity index (χ4n) is 4.81. The Hall–Kier alpha value is -2.96. The maximum atomic E-state index is 12.8. The predicted octanol–water partition coefficient (Wildman–Crippen LogP) is 1.98. The van der Waals surface area contributed by atoms with Crippen LogP contribution in [0.4, 0.5) is 5.69 Å². The molecule has 1 aliphatic heterocycles. The van der Waals surface area contributed by atoms with Gasteiger partial charge in [0.05, 0.1) is 11.8 Å². The Bertz CT molecular complexity index is 907. The molecule has 1 heterocycles. The third-order valence-electron chi connectivity index (χ3n) is 6.23. The number of hydrogen-bond donors (Lipinski definition) is 1. The average molecular weight is 396 g/mol. The first-order valence-electron chi connectivity index (χ1n) is 9.87. The van der Waals surface area contributed by atoms with Gasteiger partial charge in [-0.15, -0.1) is 0 Å². The molecule has 3 aliphatic rings. The lowest BCUT2D eigenvalue weighted by Crippen LogP contribution is -2.45. The van der Waals surface area contributed by atoms with Crippen LogP contribution >= 0.6 is 0 Å². The van der Waals surface area contributed by atoms with E-state index in [4.69, 9.17) is 4.74 Å². The fourth-order valence-corrected chi connectivity index (χ4v) is 4.81. The van der Waals surface area contributed by atoms with Crippen LogP contribution in [0.5, 0.6) is 0 Å². The van der Waals surface area contributed by atoms with Gasteiger partial charge >= 0.3 is 5.97 Å². The van der Waals surface area contributed by atoms with Crippen LogP contribution in [-0.4, -0.2) is 41.2 Å². The topological polar surface area (TPSA) is 92.8 Å². The number of rotatable bonds is 5. The van der Waals surface area contributed by atoms with Crippen LogP contribution in [0.15, 0.2) is 30.4 Å². The number of likely N-dealkylation sites (tertiary alicyclic amines) is 1. The summed E-state index contributed by atoms with van der Waals surface area (Å²) in [7, 11) is 0. The molecule has 1 N–H and O–H groups in total. The van der Waals surface area contributed by atoms with Crippen molar-refractivity contribution in [1.29, 1.82) is 0 Å². The molecule has 3 amide bonds. The van der Waals surface area contributed by atoms with Crippen LogP contribution in [-0.2, 0) is 23.9 Å². The van der Waals surface area contributed by atoms with Crippen molar-refractivity contribution in [3.63, 3.8) is 0 Å². The number of carbonyl (C=O) groups is 4. The molecule has 0 unspecified atom stereocenters. The third-order valence-corrected chi connectivity index (χ3v) is 6.23. The summed E-state index contributed by atoms with van der Waals surface area (Å²) >= 11 is 0. The number of aryl methyl sites for hydroxylation is 2. The van der Waals surface area contributed by atoms with Gasteiger partial charge in [-0.3, -0.25) is 19.3 Å². The highest BCUT2D eigenvalue weighted by atomic mass is 16.5. The summed E-state index contributed by atoms with van der Waals surface area (Å²) in [4.78, 5) is 51.1. The highest BCUT2D eigenvalue weighted by Crippen LogP contribution is 2.52. The van der Waals surface area contributed by atoms with E-state index in [1.54, 1.807) is 6.07 Å². The summed E-state index contributed by atoms with van der Waals surface area (Å²) in [6.45, 7) is 4.82. The van der Waals surface area contributed by atoms with Crippen molar-refractivity contribution in [2.24, 2.45) is 23.7 Å². The van der Waals surface area contributed by atoms with Gasteiger partial charge in [0.15, 0.2) is 6.61 Å². The van der Waals surface area contributed by atoms with Gasteiger partial charge in [0.2, 0.25) is 11.8 Å². The maximum Gasteiger partial charge on any atom is 0.329 e. The zero-order chi connectivity index (χ0) is 20.9. The van der Waals surface area contributed by atoms with E-state index >= 15 is 0 Å². The molecule has 1 aromatic carbocycles. The normalized spacial score (nSPS) is 27.9. The van der Waals surface area contributed by atoms with Crippen LogP contribution in [0, 0.1) is 37.5 Å². The zero-order valence-corrected chi connectivity index (χ0v) is 16.7. The van der Waals surface area contributed by atoms with E-state index in [1.165, 1.54) is 6.92 Å². The Morgan fingerprint density at radius 2 is 1.76 bits per heavy atom. The van der Waals surface area contributed by atoms with E-state index in [0.717, 1.165) is 22.4 Å². The van der Waals surface area contributed by atoms with E-state index < -0.39 is 24.5 Å². The van der Waals surface area contributed by atoms with E-state index in [2.05, 4.69) is 5.32 Å². The van der Waals surface area contributed by atoms with Crippen molar-refractivity contribution in [3.05, 3.63) is 41.5 Å². The van der Waals surface area contributed by atoms with Crippen LogP contribution in [0.1, 0.15) is 24.5 Å². The molecular weight excluding hydrogens is 372 g/mol. The molecule has 0 radical (unpaired) electrons. The largest absolute Gasteiger partial charge is 0.454 e. The molecule has 1 aromatic rings. The lowest BCUT2D eigenvalue weighted by molar-refractivity contribution is -0.159. The summed E-state index contributed by atoms with van der Waals surface area (Å²) in [6.07, 6.45) is 4.83.